The number of amides is 3. The lowest BCUT2D eigenvalue weighted by Gasteiger charge is -2.33. The lowest BCUT2D eigenvalue weighted by Crippen LogP contribution is -2.57. The number of methoxy groups -OCH3 is 1. The van der Waals surface area contributed by atoms with Gasteiger partial charge in [0.2, 0.25) is 5.91 Å². The van der Waals surface area contributed by atoms with Crippen LogP contribution in [0, 0.1) is 11.6 Å². The van der Waals surface area contributed by atoms with Crippen LogP contribution < -0.4 is 15.4 Å². The SMILES string of the molecule is CCCC(CCC)S(=O)(=O)CC(NC(=O)c1ccc(OC)cc1)C(=O)N[C@@H](Cc1cc(F)cc(F)c1)[C@H](O)CN(Cc1cccc(CC)c1)C(=O)OC(C)(C)C. The number of aryl methyl sites for hydroxylation is 1. The van der Waals surface area contributed by atoms with E-state index in [4.69, 9.17) is 9.47 Å². The van der Waals surface area contributed by atoms with Crippen molar-refractivity contribution in [1.29, 1.82) is 0 Å². The molecule has 3 rings (SSSR count). The molecule has 1 unspecified atom stereocenters. The Morgan fingerprint density at radius 2 is 1.46 bits per heavy atom. The molecule has 11 nitrogen and oxygen atoms in total. The number of nitrogens with one attached hydrogen (secondary N) is 2. The first-order valence-corrected chi connectivity index (χ1v) is 20.7. The minimum Gasteiger partial charge on any atom is -0.497 e. The molecule has 0 aromatic heterocycles. The Balaban J connectivity index is 2.05. The molecule has 0 aliphatic carbocycles. The van der Waals surface area contributed by atoms with E-state index < -0.39 is 80.7 Å². The standard InChI is InChI=1S/C42H57F2N3O8S/c1-8-12-35(13-9-2)56(52,53)27-37(46-39(49)31-16-18-34(54-7)19-17-31)40(50)45-36(23-30-21-32(43)24-33(44)22-30)38(48)26-47(41(51)55-42(4,5)6)25-29-15-11-14-28(10-3)20-29/h11,14-22,24,35-38,48H,8-10,12-13,23,25-27H2,1-7H3,(H,45,50)(H,46,49)/t36-,37?,38+/m0/s1. The molecule has 3 aromatic rings. The fourth-order valence-electron chi connectivity index (χ4n) is 6.28. The predicted molar refractivity (Wildman–Crippen MR) is 212 cm³/mol. The molecule has 3 amide bonds. The fourth-order valence-corrected chi connectivity index (χ4v) is 8.44. The van der Waals surface area contributed by atoms with Crippen molar-refractivity contribution in [2.75, 3.05) is 19.4 Å². The Morgan fingerprint density at radius 3 is 2.02 bits per heavy atom. The summed E-state index contributed by atoms with van der Waals surface area (Å²) in [6, 6.07) is 13.3. The zero-order valence-electron chi connectivity index (χ0n) is 33.4. The maximum atomic E-state index is 14.4. The number of aliphatic hydroxyl groups is 1. The lowest BCUT2D eigenvalue weighted by molar-refractivity contribution is -0.124. The van der Waals surface area contributed by atoms with Gasteiger partial charge in [0.05, 0.1) is 36.8 Å². The van der Waals surface area contributed by atoms with Gasteiger partial charge in [-0.1, -0.05) is 57.9 Å². The number of hydrogen-bond acceptors (Lipinski definition) is 8. The van der Waals surface area contributed by atoms with Crippen molar-refractivity contribution in [2.24, 2.45) is 0 Å². The average molecular weight is 802 g/mol. The van der Waals surface area contributed by atoms with Crippen LogP contribution in [0.2, 0.25) is 0 Å². The molecule has 0 aliphatic rings. The summed E-state index contributed by atoms with van der Waals surface area (Å²) in [5, 5.41) is 16.3. The van der Waals surface area contributed by atoms with Crippen LogP contribution in [0.15, 0.2) is 66.7 Å². The van der Waals surface area contributed by atoms with Crippen LogP contribution >= 0.6 is 0 Å². The molecule has 14 heteroatoms. The van der Waals surface area contributed by atoms with Gasteiger partial charge >= 0.3 is 6.09 Å². The number of carbonyl (C=O) groups is 3. The minimum absolute atomic E-state index is 0.0180. The van der Waals surface area contributed by atoms with Gasteiger partial charge in [0.25, 0.3) is 5.91 Å². The van der Waals surface area contributed by atoms with Gasteiger partial charge in [-0.3, -0.25) is 9.59 Å². The van der Waals surface area contributed by atoms with E-state index in [-0.39, 0.29) is 24.1 Å². The van der Waals surface area contributed by atoms with Gasteiger partial charge in [-0.15, -0.1) is 0 Å². The van der Waals surface area contributed by atoms with E-state index in [1.54, 1.807) is 32.9 Å². The van der Waals surface area contributed by atoms with Crippen LogP contribution in [0.25, 0.3) is 0 Å². The van der Waals surface area contributed by atoms with Crippen LogP contribution in [0.4, 0.5) is 13.6 Å². The monoisotopic (exact) mass is 801 g/mol. The third kappa shape index (κ3) is 14.5. The number of hydrogen-bond donors (Lipinski definition) is 3. The summed E-state index contributed by atoms with van der Waals surface area (Å²) in [7, 11) is -2.51. The number of aliphatic hydroxyl groups excluding tert-OH is 1. The highest BCUT2D eigenvalue weighted by Crippen LogP contribution is 2.20. The minimum atomic E-state index is -3.97. The van der Waals surface area contributed by atoms with Gasteiger partial charge < -0.3 is 30.1 Å². The first-order valence-electron chi connectivity index (χ1n) is 19.0. The van der Waals surface area contributed by atoms with Crippen molar-refractivity contribution >= 4 is 27.7 Å². The van der Waals surface area contributed by atoms with Gasteiger partial charge in [-0.05, 0) is 99.5 Å². The second kappa shape index (κ2) is 21.1. The zero-order valence-corrected chi connectivity index (χ0v) is 34.3. The molecule has 3 aromatic carbocycles. The maximum absolute atomic E-state index is 14.4. The van der Waals surface area contributed by atoms with Crippen molar-refractivity contribution in [1.82, 2.24) is 15.5 Å². The Kier molecular flexibility index (Phi) is 17.3. The number of benzene rings is 3. The highest BCUT2D eigenvalue weighted by atomic mass is 32.2. The number of rotatable bonds is 20. The third-order valence-electron chi connectivity index (χ3n) is 9.10. The maximum Gasteiger partial charge on any atom is 0.410 e. The largest absolute Gasteiger partial charge is 0.497 e. The molecule has 0 heterocycles. The molecule has 0 radical (unpaired) electrons. The van der Waals surface area contributed by atoms with Crippen LogP contribution in [0.3, 0.4) is 0 Å². The molecule has 0 bridgehead atoms. The summed E-state index contributed by atoms with van der Waals surface area (Å²) in [5.41, 5.74) is 1.07. The van der Waals surface area contributed by atoms with Crippen molar-refractivity contribution in [3.63, 3.8) is 0 Å². The van der Waals surface area contributed by atoms with E-state index in [0.717, 1.165) is 29.7 Å². The second-order valence-corrected chi connectivity index (χ2v) is 17.3. The first-order chi connectivity index (χ1) is 26.4. The molecule has 0 saturated heterocycles. The lowest BCUT2D eigenvalue weighted by atomic mass is 9.99. The summed E-state index contributed by atoms with van der Waals surface area (Å²) in [6.45, 7) is 10.4. The summed E-state index contributed by atoms with van der Waals surface area (Å²) in [4.78, 5) is 42.6. The number of carbonyl (C=O) groups excluding carboxylic acids is 3. The Labute approximate surface area is 330 Å². The second-order valence-electron chi connectivity index (χ2n) is 15.0. The predicted octanol–water partition coefficient (Wildman–Crippen LogP) is 6.54. The average Bonchev–Trinajstić information content (AvgIpc) is 3.12. The van der Waals surface area contributed by atoms with Crippen molar-refractivity contribution in [3.8, 4) is 5.75 Å². The smallest absolute Gasteiger partial charge is 0.410 e. The summed E-state index contributed by atoms with van der Waals surface area (Å²) in [6.07, 6.45) is -0.0535. The molecular weight excluding hydrogens is 745 g/mol. The van der Waals surface area contributed by atoms with E-state index in [1.165, 1.54) is 24.1 Å². The molecule has 3 atom stereocenters. The van der Waals surface area contributed by atoms with E-state index in [0.29, 0.717) is 37.5 Å². The van der Waals surface area contributed by atoms with Gasteiger partial charge in [0.15, 0.2) is 9.84 Å². The Bertz CT molecular complexity index is 1840. The number of nitrogens with zero attached hydrogens (tertiary/aromatic N) is 1. The van der Waals surface area contributed by atoms with Gasteiger partial charge in [-0.25, -0.2) is 22.0 Å². The number of ether oxygens (including phenoxy) is 2. The van der Waals surface area contributed by atoms with Crippen molar-refractivity contribution < 1.29 is 46.2 Å². The normalized spacial score (nSPS) is 13.4. The van der Waals surface area contributed by atoms with Gasteiger partial charge in [-0.2, -0.15) is 0 Å². The zero-order chi connectivity index (χ0) is 41.6. The molecular formula is C42H57F2N3O8S. The quantitative estimate of drug-likeness (QED) is 0.117. The molecule has 0 fully saturated rings. The highest BCUT2D eigenvalue weighted by Gasteiger charge is 2.35. The summed E-state index contributed by atoms with van der Waals surface area (Å²) in [5.74, 6) is -3.74. The van der Waals surface area contributed by atoms with Gasteiger partial charge in [0, 0.05) is 18.2 Å². The summed E-state index contributed by atoms with van der Waals surface area (Å²) < 4.78 is 67.3. The Morgan fingerprint density at radius 1 is 0.857 bits per heavy atom. The number of sulfone groups is 1. The van der Waals surface area contributed by atoms with E-state index in [1.807, 2.05) is 45.0 Å². The molecule has 0 saturated carbocycles. The van der Waals surface area contributed by atoms with Crippen molar-refractivity contribution in [2.45, 2.75) is 116 Å². The van der Waals surface area contributed by atoms with Gasteiger partial charge in [0.1, 0.15) is 29.0 Å². The van der Waals surface area contributed by atoms with Crippen LogP contribution in [-0.2, 0) is 38.8 Å². The molecule has 0 aliphatic heterocycles. The first kappa shape index (κ1) is 45.8. The van der Waals surface area contributed by atoms with Crippen LogP contribution in [0.5, 0.6) is 5.75 Å². The van der Waals surface area contributed by atoms with Crippen LogP contribution in [-0.4, -0.2) is 84.8 Å². The molecule has 3 N–H and O–H groups in total. The van der Waals surface area contributed by atoms with Crippen molar-refractivity contribution in [3.05, 3.63) is 101 Å². The number of halogens is 2. The molecule has 0 spiro atoms. The van der Waals surface area contributed by atoms with E-state index >= 15 is 0 Å². The van der Waals surface area contributed by atoms with E-state index in [9.17, 15) is 36.7 Å². The third-order valence-corrected chi connectivity index (χ3v) is 11.4. The Hall–Kier alpha value is -4.56. The van der Waals surface area contributed by atoms with Crippen LogP contribution in [0.1, 0.15) is 94.3 Å². The summed E-state index contributed by atoms with van der Waals surface area (Å²) >= 11 is 0. The topological polar surface area (TPSA) is 151 Å². The molecule has 308 valence electrons. The fraction of sp³-hybridized carbons (Fsp3) is 0.500. The van der Waals surface area contributed by atoms with E-state index in [2.05, 4.69) is 10.6 Å². The molecule has 56 heavy (non-hydrogen) atoms. The highest BCUT2D eigenvalue weighted by molar-refractivity contribution is 7.92.